The molecule has 1 N–H and O–H groups in total. The molecular formula is C26H33NO. The van der Waals surface area contributed by atoms with Crippen molar-refractivity contribution in [2.24, 2.45) is 0 Å². The fourth-order valence-corrected chi connectivity index (χ4v) is 3.39. The van der Waals surface area contributed by atoms with Crippen LogP contribution >= 0.6 is 0 Å². The third-order valence-electron chi connectivity index (χ3n) is 4.95. The van der Waals surface area contributed by atoms with Crippen molar-refractivity contribution in [3.05, 3.63) is 101 Å². The summed E-state index contributed by atoms with van der Waals surface area (Å²) in [5.74, 6) is 1.13. The molecular weight excluding hydrogens is 342 g/mol. The van der Waals surface area contributed by atoms with E-state index in [0.717, 1.165) is 18.8 Å². The van der Waals surface area contributed by atoms with Crippen LogP contribution in [-0.2, 0) is 0 Å². The molecule has 0 aliphatic heterocycles. The van der Waals surface area contributed by atoms with Gasteiger partial charge >= 0.3 is 0 Å². The van der Waals surface area contributed by atoms with Gasteiger partial charge in [-0.15, -0.1) is 0 Å². The Balaban J connectivity index is 0.000000500. The highest BCUT2D eigenvalue weighted by Crippen LogP contribution is 2.35. The molecule has 3 rings (SSSR count). The predicted octanol–water partition coefficient (Wildman–Crippen LogP) is 6.11. The van der Waals surface area contributed by atoms with Crippen LogP contribution in [0.4, 0.5) is 0 Å². The van der Waals surface area contributed by atoms with Crippen LogP contribution in [0.5, 0.6) is 5.75 Å². The molecule has 3 aromatic carbocycles. The summed E-state index contributed by atoms with van der Waals surface area (Å²) in [6.07, 6.45) is 0. The molecule has 2 heteroatoms. The molecule has 28 heavy (non-hydrogen) atoms. The second-order valence-corrected chi connectivity index (χ2v) is 6.88. The fraction of sp³-hybridized carbons (Fsp3) is 0.308. The second-order valence-electron chi connectivity index (χ2n) is 6.88. The van der Waals surface area contributed by atoms with Gasteiger partial charge in [0.25, 0.3) is 0 Å². The zero-order chi connectivity index (χ0) is 20.4. The van der Waals surface area contributed by atoms with Crippen molar-refractivity contribution in [1.29, 1.82) is 0 Å². The molecule has 2 nitrogen and oxygen atoms in total. The highest BCUT2D eigenvalue weighted by molar-refractivity contribution is 5.49. The van der Waals surface area contributed by atoms with Gasteiger partial charge in [-0.05, 0) is 66.9 Å². The van der Waals surface area contributed by atoms with Gasteiger partial charge in [0.05, 0.1) is 7.11 Å². The number of methoxy groups -OCH3 is 1. The Hall–Kier alpha value is -2.58. The average Bonchev–Trinajstić information content (AvgIpc) is 2.72. The highest BCUT2D eigenvalue weighted by atomic mass is 16.5. The van der Waals surface area contributed by atoms with Crippen molar-refractivity contribution < 1.29 is 4.74 Å². The maximum atomic E-state index is 5.31. The lowest BCUT2D eigenvalue weighted by atomic mass is 9.81. The molecule has 0 heterocycles. The van der Waals surface area contributed by atoms with Crippen LogP contribution in [0.2, 0.25) is 0 Å². The molecule has 0 saturated carbocycles. The molecule has 0 aliphatic rings. The highest BCUT2D eigenvalue weighted by Gasteiger charge is 2.19. The molecule has 0 radical (unpaired) electrons. The summed E-state index contributed by atoms with van der Waals surface area (Å²) in [5.41, 5.74) is 6.63. The maximum Gasteiger partial charge on any atom is 0.118 e. The van der Waals surface area contributed by atoms with Crippen LogP contribution in [0, 0.1) is 13.8 Å². The van der Waals surface area contributed by atoms with E-state index in [0.29, 0.717) is 0 Å². The van der Waals surface area contributed by atoms with Crippen molar-refractivity contribution in [1.82, 2.24) is 5.32 Å². The van der Waals surface area contributed by atoms with Gasteiger partial charge < -0.3 is 10.1 Å². The molecule has 0 fully saturated rings. The van der Waals surface area contributed by atoms with Gasteiger partial charge in [0.15, 0.2) is 0 Å². The molecule has 0 unspecified atom stereocenters. The van der Waals surface area contributed by atoms with E-state index in [9.17, 15) is 0 Å². The van der Waals surface area contributed by atoms with Gasteiger partial charge in [0.1, 0.15) is 5.75 Å². The Kier molecular flexibility index (Phi) is 8.77. The monoisotopic (exact) mass is 375 g/mol. The van der Waals surface area contributed by atoms with E-state index in [1.54, 1.807) is 7.11 Å². The Morgan fingerprint density at radius 3 is 1.54 bits per heavy atom. The lowest BCUT2D eigenvalue weighted by molar-refractivity contribution is 0.414. The van der Waals surface area contributed by atoms with E-state index in [1.807, 2.05) is 12.1 Å². The average molecular weight is 376 g/mol. The van der Waals surface area contributed by atoms with Crippen molar-refractivity contribution in [3.8, 4) is 5.75 Å². The molecule has 148 valence electrons. The first-order valence-electron chi connectivity index (χ1n) is 10.1. The Bertz CT molecular complexity index is 792. The number of ether oxygens (including phenoxy) is 1. The number of aryl methyl sites for hydroxylation is 2. The van der Waals surface area contributed by atoms with Gasteiger partial charge in [-0.2, -0.15) is 0 Å². The number of hydrogen-bond donors (Lipinski definition) is 1. The zero-order valence-electron chi connectivity index (χ0n) is 17.8. The molecule has 0 aliphatic carbocycles. The number of rotatable bonds is 6. The number of benzene rings is 3. The van der Waals surface area contributed by atoms with E-state index >= 15 is 0 Å². The zero-order valence-corrected chi connectivity index (χ0v) is 17.8. The summed E-state index contributed by atoms with van der Waals surface area (Å²) in [5, 5.41) is 3.11. The molecule has 0 atom stereocenters. The Morgan fingerprint density at radius 1 is 0.714 bits per heavy atom. The van der Waals surface area contributed by atoms with E-state index < -0.39 is 0 Å². The van der Waals surface area contributed by atoms with Gasteiger partial charge in [-0.3, -0.25) is 0 Å². The summed E-state index contributed by atoms with van der Waals surface area (Å²) >= 11 is 0. The molecule has 0 saturated heterocycles. The van der Waals surface area contributed by atoms with Crippen molar-refractivity contribution in [3.63, 3.8) is 0 Å². The molecule has 0 bridgehead atoms. The summed E-state index contributed by atoms with van der Waals surface area (Å²) in [4.78, 5) is 0. The van der Waals surface area contributed by atoms with Gasteiger partial charge in [-0.25, -0.2) is 0 Å². The van der Waals surface area contributed by atoms with Crippen LogP contribution in [0.1, 0.15) is 47.6 Å². The Morgan fingerprint density at radius 2 is 1.18 bits per heavy atom. The summed E-state index contributed by atoms with van der Waals surface area (Å²) in [6, 6.07) is 25.7. The molecule has 3 aromatic rings. The predicted molar refractivity (Wildman–Crippen MR) is 121 cm³/mol. The third-order valence-corrected chi connectivity index (χ3v) is 4.95. The minimum atomic E-state index is 0.239. The SMILES string of the molecule is CCNCC.COc1ccc(C(c2ccccc2C)c2ccccc2C)cc1. The van der Waals surface area contributed by atoms with Gasteiger partial charge in [-0.1, -0.05) is 74.5 Å². The Labute approximate surface area is 170 Å². The normalized spacial score (nSPS) is 10.4. The quantitative estimate of drug-likeness (QED) is 0.525. The van der Waals surface area contributed by atoms with Crippen LogP contribution < -0.4 is 10.1 Å². The summed E-state index contributed by atoms with van der Waals surface area (Å²) in [7, 11) is 1.70. The largest absolute Gasteiger partial charge is 0.497 e. The molecule has 0 spiro atoms. The van der Waals surface area contributed by atoms with Crippen molar-refractivity contribution in [2.45, 2.75) is 33.6 Å². The van der Waals surface area contributed by atoms with Crippen molar-refractivity contribution >= 4 is 0 Å². The van der Waals surface area contributed by atoms with Gasteiger partial charge in [0.2, 0.25) is 0 Å². The summed E-state index contributed by atoms with van der Waals surface area (Å²) in [6.45, 7) is 10.8. The van der Waals surface area contributed by atoms with Crippen LogP contribution in [0.25, 0.3) is 0 Å². The van der Waals surface area contributed by atoms with Crippen LogP contribution in [0.15, 0.2) is 72.8 Å². The lowest BCUT2D eigenvalue weighted by Crippen LogP contribution is -2.09. The minimum absolute atomic E-state index is 0.239. The second kappa shape index (κ2) is 11.3. The van der Waals surface area contributed by atoms with Gasteiger partial charge in [0, 0.05) is 5.92 Å². The summed E-state index contributed by atoms with van der Waals surface area (Å²) < 4.78 is 5.31. The number of hydrogen-bond acceptors (Lipinski definition) is 2. The van der Waals surface area contributed by atoms with E-state index in [2.05, 4.69) is 93.7 Å². The fourth-order valence-electron chi connectivity index (χ4n) is 3.39. The first-order chi connectivity index (χ1) is 13.6. The smallest absolute Gasteiger partial charge is 0.118 e. The first-order valence-corrected chi connectivity index (χ1v) is 10.1. The molecule has 0 aromatic heterocycles. The first kappa shape index (κ1) is 21.7. The standard InChI is InChI=1S/C22H22O.C4H11N/c1-16-8-4-6-10-20(16)22(21-11-7-5-9-17(21)2)18-12-14-19(23-3)15-13-18;1-3-5-4-2/h4-15,22H,1-3H3;5H,3-4H2,1-2H3. The molecule has 0 amide bonds. The van der Waals surface area contributed by atoms with E-state index in [4.69, 9.17) is 4.74 Å². The lowest BCUT2D eigenvalue weighted by Gasteiger charge is -2.22. The van der Waals surface area contributed by atoms with Crippen LogP contribution in [0.3, 0.4) is 0 Å². The third kappa shape index (κ3) is 5.71. The van der Waals surface area contributed by atoms with E-state index in [-0.39, 0.29) is 5.92 Å². The minimum Gasteiger partial charge on any atom is -0.497 e. The van der Waals surface area contributed by atoms with E-state index in [1.165, 1.54) is 27.8 Å². The maximum absolute atomic E-state index is 5.31. The topological polar surface area (TPSA) is 21.3 Å². The van der Waals surface area contributed by atoms with Crippen LogP contribution in [-0.4, -0.2) is 20.2 Å². The number of nitrogens with one attached hydrogen (secondary N) is 1. The van der Waals surface area contributed by atoms with Crippen molar-refractivity contribution in [2.75, 3.05) is 20.2 Å².